The van der Waals surface area contributed by atoms with E-state index in [0.29, 0.717) is 6.54 Å². The standard InChI is InChI=1S/C16H20N4O4/c1-10-5-12(6-11(2)15(10)24-4)7-19(3)14(21)9-20-8-13(16(22)23)17-18-20/h5-6,8H,7,9H2,1-4H3,(H,22,23). The van der Waals surface area contributed by atoms with Crippen molar-refractivity contribution in [2.24, 2.45) is 0 Å². The molecule has 0 atom stereocenters. The zero-order valence-corrected chi connectivity index (χ0v) is 14.1. The highest BCUT2D eigenvalue weighted by Gasteiger charge is 2.15. The molecule has 8 heteroatoms. The van der Waals surface area contributed by atoms with Crippen molar-refractivity contribution in [2.75, 3.05) is 14.2 Å². The Hall–Kier alpha value is -2.90. The summed E-state index contributed by atoms with van der Waals surface area (Å²) in [7, 11) is 3.32. The van der Waals surface area contributed by atoms with Crippen LogP contribution >= 0.6 is 0 Å². The van der Waals surface area contributed by atoms with Crippen LogP contribution in [0.1, 0.15) is 27.2 Å². The molecule has 2 aromatic rings. The third kappa shape index (κ3) is 3.89. The normalized spacial score (nSPS) is 10.5. The topological polar surface area (TPSA) is 97.5 Å². The molecule has 1 heterocycles. The van der Waals surface area contributed by atoms with E-state index in [1.807, 2.05) is 26.0 Å². The highest BCUT2D eigenvalue weighted by Crippen LogP contribution is 2.24. The molecule has 0 aliphatic heterocycles. The summed E-state index contributed by atoms with van der Waals surface area (Å²) in [6, 6.07) is 3.96. The number of aromatic nitrogens is 3. The molecule has 0 radical (unpaired) electrons. The van der Waals surface area contributed by atoms with Gasteiger partial charge in [-0.15, -0.1) is 5.10 Å². The minimum absolute atomic E-state index is 0.0646. The summed E-state index contributed by atoms with van der Waals surface area (Å²) in [5.74, 6) is -0.522. The number of ether oxygens (including phenoxy) is 1. The number of carbonyl (C=O) groups is 2. The molecule has 128 valence electrons. The predicted molar refractivity (Wildman–Crippen MR) is 85.9 cm³/mol. The number of aromatic carboxylic acids is 1. The lowest BCUT2D eigenvalue weighted by atomic mass is 10.1. The molecule has 8 nitrogen and oxygen atoms in total. The van der Waals surface area contributed by atoms with Gasteiger partial charge in [0.25, 0.3) is 0 Å². The average Bonchev–Trinajstić information content (AvgIpc) is 2.95. The number of rotatable bonds is 6. The fourth-order valence-corrected chi connectivity index (χ4v) is 2.55. The van der Waals surface area contributed by atoms with Crippen LogP contribution in [0.4, 0.5) is 0 Å². The van der Waals surface area contributed by atoms with Crippen molar-refractivity contribution >= 4 is 11.9 Å². The van der Waals surface area contributed by atoms with Crippen molar-refractivity contribution in [3.8, 4) is 5.75 Å². The van der Waals surface area contributed by atoms with Gasteiger partial charge in [0.1, 0.15) is 12.3 Å². The average molecular weight is 332 g/mol. The first-order chi connectivity index (χ1) is 11.3. The van der Waals surface area contributed by atoms with Crippen LogP contribution in [-0.4, -0.2) is 51.0 Å². The van der Waals surface area contributed by atoms with E-state index in [4.69, 9.17) is 9.84 Å². The molecule has 1 aromatic heterocycles. The summed E-state index contributed by atoms with van der Waals surface area (Å²) < 4.78 is 6.55. The van der Waals surface area contributed by atoms with Crippen LogP contribution in [0.25, 0.3) is 0 Å². The Balaban J connectivity index is 2.04. The molecule has 0 saturated heterocycles. The fraction of sp³-hybridized carbons (Fsp3) is 0.375. The largest absolute Gasteiger partial charge is 0.496 e. The second kappa shape index (κ2) is 7.12. The molecule has 0 fully saturated rings. The monoisotopic (exact) mass is 332 g/mol. The molecule has 24 heavy (non-hydrogen) atoms. The lowest BCUT2D eigenvalue weighted by Crippen LogP contribution is -2.30. The van der Waals surface area contributed by atoms with Crippen molar-refractivity contribution in [1.29, 1.82) is 0 Å². The second-order valence-corrected chi connectivity index (χ2v) is 5.62. The maximum absolute atomic E-state index is 12.3. The van der Waals surface area contributed by atoms with Crippen molar-refractivity contribution in [3.63, 3.8) is 0 Å². The molecule has 1 N–H and O–H groups in total. The van der Waals surface area contributed by atoms with Gasteiger partial charge in [-0.05, 0) is 30.5 Å². The van der Waals surface area contributed by atoms with Crippen LogP contribution in [0.15, 0.2) is 18.3 Å². The van der Waals surface area contributed by atoms with E-state index in [-0.39, 0.29) is 18.1 Å². The van der Waals surface area contributed by atoms with Crippen molar-refractivity contribution in [3.05, 3.63) is 40.7 Å². The lowest BCUT2D eigenvalue weighted by Gasteiger charge is -2.19. The van der Waals surface area contributed by atoms with Crippen molar-refractivity contribution in [1.82, 2.24) is 19.9 Å². The van der Waals surface area contributed by atoms with E-state index in [1.165, 1.54) is 10.9 Å². The number of carbonyl (C=O) groups excluding carboxylic acids is 1. The smallest absolute Gasteiger partial charge is 0.358 e. The van der Waals surface area contributed by atoms with E-state index in [2.05, 4.69) is 10.3 Å². The highest BCUT2D eigenvalue weighted by atomic mass is 16.5. The van der Waals surface area contributed by atoms with Crippen LogP contribution in [0.5, 0.6) is 5.75 Å². The molecular weight excluding hydrogens is 312 g/mol. The van der Waals surface area contributed by atoms with Crippen LogP contribution < -0.4 is 4.74 Å². The Morgan fingerprint density at radius 1 is 1.29 bits per heavy atom. The Kier molecular flexibility index (Phi) is 5.18. The van der Waals surface area contributed by atoms with E-state index >= 15 is 0 Å². The fourth-order valence-electron chi connectivity index (χ4n) is 2.55. The van der Waals surface area contributed by atoms with E-state index in [1.54, 1.807) is 19.1 Å². The summed E-state index contributed by atoms with van der Waals surface area (Å²) in [6.07, 6.45) is 1.23. The molecular formula is C16H20N4O4. The summed E-state index contributed by atoms with van der Waals surface area (Å²) in [5, 5.41) is 15.9. The predicted octanol–water partition coefficient (Wildman–Crippen LogP) is 1.26. The zero-order valence-electron chi connectivity index (χ0n) is 14.1. The molecule has 0 saturated carbocycles. The second-order valence-electron chi connectivity index (χ2n) is 5.62. The van der Waals surface area contributed by atoms with Crippen LogP contribution in [0.2, 0.25) is 0 Å². The van der Waals surface area contributed by atoms with E-state index in [9.17, 15) is 9.59 Å². The van der Waals surface area contributed by atoms with E-state index < -0.39 is 5.97 Å². The number of amides is 1. The maximum Gasteiger partial charge on any atom is 0.358 e. The highest BCUT2D eigenvalue weighted by molar-refractivity contribution is 5.84. The Bertz CT molecular complexity index is 746. The number of benzene rings is 1. The van der Waals surface area contributed by atoms with Crippen molar-refractivity contribution < 1.29 is 19.4 Å². The Morgan fingerprint density at radius 2 is 1.92 bits per heavy atom. The van der Waals surface area contributed by atoms with Crippen molar-refractivity contribution in [2.45, 2.75) is 26.9 Å². The van der Waals surface area contributed by atoms with Gasteiger partial charge in [0.15, 0.2) is 5.69 Å². The Morgan fingerprint density at radius 3 is 2.42 bits per heavy atom. The molecule has 1 amide bonds. The molecule has 0 unspecified atom stereocenters. The first kappa shape index (κ1) is 17.5. The number of hydrogen-bond acceptors (Lipinski definition) is 5. The summed E-state index contributed by atoms with van der Waals surface area (Å²) in [4.78, 5) is 24.6. The number of likely N-dealkylation sites (N-methyl/N-ethyl adjacent to an activating group) is 1. The molecule has 2 rings (SSSR count). The molecule has 0 spiro atoms. The van der Waals surface area contributed by atoms with Crippen LogP contribution in [-0.2, 0) is 17.9 Å². The van der Waals surface area contributed by atoms with Gasteiger partial charge in [-0.3, -0.25) is 4.79 Å². The third-order valence-corrected chi connectivity index (χ3v) is 3.62. The minimum atomic E-state index is -1.17. The molecule has 0 bridgehead atoms. The first-order valence-electron chi connectivity index (χ1n) is 7.33. The first-order valence-corrected chi connectivity index (χ1v) is 7.33. The number of carboxylic acid groups (broad SMARTS) is 1. The summed E-state index contributed by atoms with van der Waals surface area (Å²) in [6.45, 7) is 4.29. The van der Waals surface area contributed by atoms with Gasteiger partial charge in [0.05, 0.1) is 13.3 Å². The van der Waals surface area contributed by atoms with Gasteiger partial charge in [-0.2, -0.15) is 0 Å². The van der Waals surface area contributed by atoms with Crippen LogP contribution in [0.3, 0.4) is 0 Å². The van der Waals surface area contributed by atoms with Gasteiger partial charge in [-0.1, -0.05) is 17.3 Å². The maximum atomic E-state index is 12.3. The van der Waals surface area contributed by atoms with Gasteiger partial charge in [-0.25, -0.2) is 9.48 Å². The third-order valence-electron chi connectivity index (χ3n) is 3.62. The van der Waals surface area contributed by atoms with Gasteiger partial charge < -0.3 is 14.7 Å². The van der Waals surface area contributed by atoms with Gasteiger partial charge in [0, 0.05) is 13.6 Å². The number of aryl methyl sites for hydroxylation is 2. The SMILES string of the molecule is COc1c(C)cc(CN(C)C(=O)Cn2cc(C(=O)O)nn2)cc1C. The number of methoxy groups -OCH3 is 1. The quantitative estimate of drug-likeness (QED) is 0.855. The summed E-state index contributed by atoms with van der Waals surface area (Å²) in [5.41, 5.74) is 2.82. The minimum Gasteiger partial charge on any atom is -0.496 e. The van der Waals surface area contributed by atoms with Gasteiger partial charge >= 0.3 is 5.97 Å². The van der Waals surface area contributed by atoms with Crippen LogP contribution in [0, 0.1) is 13.8 Å². The summed E-state index contributed by atoms with van der Waals surface area (Å²) >= 11 is 0. The molecule has 0 aliphatic carbocycles. The van der Waals surface area contributed by atoms with Gasteiger partial charge in [0.2, 0.25) is 5.91 Å². The number of carboxylic acids is 1. The zero-order chi connectivity index (χ0) is 17.9. The molecule has 0 aliphatic rings. The lowest BCUT2D eigenvalue weighted by molar-refractivity contribution is -0.131. The molecule has 1 aromatic carbocycles. The number of nitrogens with zero attached hydrogens (tertiary/aromatic N) is 4. The Labute approximate surface area is 139 Å². The van der Waals surface area contributed by atoms with E-state index in [0.717, 1.165) is 22.4 Å². The number of hydrogen-bond donors (Lipinski definition) is 1.